The van der Waals surface area contributed by atoms with E-state index in [9.17, 15) is 0 Å². The molecule has 0 heteroatoms. The van der Waals surface area contributed by atoms with Crippen LogP contribution in [0.5, 0.6) is 0 Å². The first-order valence-electron chi connectivity index (χ1n) is 8.79. The van der Waals surface area contributed by atoms with Crippen molar-refractivity contribution in [2.45, 2.75) is 60.8 Å². The van der Waals surface area contributed by atoms with Crippen molar-refractivity contribution in [1.82, 2.24) is 0 Å². The molecule has 2 aliphatic carbocycles. The van der Waals surface area contributed by atoms with E-state index in [-0.39, 0.29) is 0 Å². The second-order valence-electron chi connectivity index (χ2n) is 6.80. The number of fused-ring (bicyclic) bond motifs is 1. The van der Waals surface area contributed by atoms with E-state index in [1.54, 1.807) is 11.1 Å². The van der Waals surface area contributed by atoms with Crippen molar-refractivity contribution >= 4 is 0 Å². The van der Waals surface area contributed by atoms with Gasteiger partial charge in [0.1, 0.15) is 0 Å². The molecule has 0 spiro atoms. The van der Waals surface area contributed by atoms with Gasteiger partial charge in [-0.2, -0.15) is 0 Å². The van der Waals surface area contributed by atoms with Crippen LogP contribution in [0.4, 0.5) is 0 Å². The second kappa shape index (κ2) is 6.38. The number of rotatable bonds is 8. The molecule has 1 fully saturated rings. The molecule has 0 nitrogen and oxygen atoms in total. The molecule has 2 rings (SSSR count). The smallest absolute Gasteiger partial charge is 0.0260 e. The molecule has 0 saturated heterocycles. The molecule has 0 aromatic carbocycles. The maximum absolute atomic E-state index is 2.59. The molecule has 0 radical (unpaired) electrons. The first-order chi connectivity index (χ1) is 10.0. The highest BCUT2D eigenvalue weighted by molar-refractivity contribution is 5.63. The van der Waals surface area contributed by atoms with Gasteiger partial charge in [-0.3, -0.25) is 0 Å². The zero-order chi connectivity index (χ0) is 15.6. The van der Waals surface area contributed by atoms with Crippen LogP contribution in [-0.2, 0) is 0 Å². The molecular weight excluding hydrogens is 252 g/mol. The predicted octanol–water partition coefficient (Wildman–Crippen LogP) is 6.47. The summed E-state index contributed by atoms with van der Waals surface area (Å²) in [6.07, 6.45) is 15.8. The van der Waals surface area contributed by atoms with Crippen molar-refractivity contribution in [2.24, 2.45) is 23.2 Å². The standard InChI is InChI=1S/C21H32/c1-7-15(5)11-12-19(21-14-20(21)16(21)6)18(10-4)13-17(8-2)9-3/h7,11-14,16-17,19H,8-10H2,1-6H3. The summed E-state index contributed by atoms with van der Waals surface area (Å²) in [5.41, 5.74) is 5.17. The Kier molecular flexibility index (Phi) is 4.96. The topological polar surface area (TPSA) is 0 Å². The number of hydrogen-bond acceptors (Lipinski definition) is 0. The zero-order valence-electron chi connectivity index (χ0n) is 14.7. The van der Waals surface area contributed by atoms with Crippen LogP contribution < -0.4 is 0 Å². The third-order valence-electron chi connectivity index (χ3n) is 5.74. The van der Waals surface area contributed by atoms with Gasteiger partial charge in [-0.05, 0) is 44.9 Å². The van der Waals surface area contributed by atoms with Gasteiger partial charge >= 0.3 is 0 Å². The Morgan fingerprint density at radius 3 is 2.29 bits per heavy atom. The Labute approximate surface area is 131 Å². The zero-order valence-corrected chi connectivity index (χ0v) is 14.7. The summed E-state index contributed by atoms with van der Waals surface area (Å²) >= 11 is 0. The first-order valence-corrected chi connectivity index (χ1v) is 8.79. The van der Waals surface area contributed by atoms with Crippen LogP contribution in [0.15, 0.2) is 47.1 Å². The average Bonchev–Trinajstić information content (AvgIpc) is 3.39. The minimum absolute atomic E-state index is 0.443. The van der Waals surface area contributed by atoms with Gasteiger partial charge in [0.15, 0.2) is 0 Å². The predicted molar refractivity (Wildman–Crippen MR) is 94.2 cm³/mol. The summed E-state index contributed by atoms with van der Waals surface area (Å²) in [6.45, 7) is 13.6. The van der Waals surface area contributed by atoms with Gasteiger partial charge in [0.2, 0.25) is 0 Å². The fourth-order valence-electron chi connectivity index (χ4n) is 3.67. The van der Waals surface area contributed by atoms with E-state index >= 15 is 0 Å². The summed E-state index contributed by atoms with van der Waals surface area (Å²) in [4.78, 5) is 0. The van der Waals surface area contributed by atoms with Crippen molar-refractivity contribution in [1.29, 1.82) is 0 Å². The Hall–Kier alpha value is -1.04. The van der Waals surface area contributed by atoms with Crippen molar-refractivity contribution in [3.05, 3.63) is 47.1 Å². The molecule has 0 amide bonds. The van der Waals surface area contributed by atoms with E-state index < -0.39 is 0 Å². The van der Waals surface area contributed by atoms with E-state index in [1.807, 2.05) is 0 Å². The highest BCUT2D eigenvalue weighted by Gasteiger charge is 2.70. The molecule has 2 aliphatic rings. The van der Waals surface area contributed by atoms with E-state index in [4.69, 9.17) is 0 Å². The van der Waals surface area contributed by atoms with Crippen molar-refractivity contribution in [2.75, 3.05) is 0 Å². The van der Waals surface area contributed by atoms with Crippen LogP contribution in [-0.4, -0.2) is 0 Å². The lowest BCUT2D eigenvalue weighted by Gasteiger charge is -2.23. The molecule has 0 bridgehead atoms. The van der Waals surface area contributed by atoms with E-state index in [0.717, 1.165) is 11.8 Å². The lowest BCUT2D eigenvalue weighted by Crippen LogP contribution is -2.13. The van der Waals surface area contributed by atoms with E-state index in [0.29, 0.717) is 11.3 Å². The monoisotopic (exact) mass is 284 g/mol. The Morgan fingerprint density at radius 1 is 1.29 bits per heavy atom. The van der Waals surface area contributed by atoms with Crippen LogP contribution in [0, 0.1) is 23.2 Å². The lowest BCUT2D eigenvalue weighted by molar-refractivity contribution is 0.492. The van der Waals surface area contributed by atoms with Gasteiger partial charge in [-0.25, -0.2) is 0 Å². The lowest BCUT2D eigenvalue weighted by atomic mass is 9.81. The van der Waals surface area contributed by atoms with Crippen molar-refractivity contribution in [3.8, 4) is 0 Å². The minimum Gasteiger partial charge on any atom is -0.0847 e. The summed E-state index contributed by atoms with van der Waals surface area (Å²) in [5.74, 6) is 2.16. The fourth-order valence-corrected chi connectivity index (χ4v) is 3.67. The first kappa shape index (κ1) is 16.3. The molecule has 0 N–H and O–H groups in total. The van der Waals surface area contributed by atoms with Gasteiger partial charge in [0.25, 0.3) is 0 Å². The van der Waals surface area contributed by atoms with Crippen LogP contribution in [0.3, 0.4) is 0 Å². The normalized spacial score (nSPS) is 29.7. The summed E-state index contributed by atoms with van der Waals surface area (Å²) in [7, 11) is 0. The van der Waals surface area contributed by atoms with Crippen LogP contribution in [0.25, 0.3) is 0 Å². The summed E-state index contributed by atoms with van der Waals surface area (Å²) < 4.78 is 0. The maximum atomic E-state index is 2.59. The Morgan fingerprint density at radius 2 is 1.90 bits per heavy atom. The van der Waals surface area contributed by atoms with Crippen LogP contribution in [0.1, 0.15) is 60.8 Å². The van der Waals surface area contributed by atoms with Crippen LogP contribution >= 0.6 is 0 Å². The maximum Gasteiger partial charge on any atom is 0.0260 e. The number of hydrogen-bond donors (Lipinski definition) is 0. The minimum atomic E-state index is 0.443. The Bertz CT molecular complexity index is 496. The second-order valence-corrected chi connectivity index (χ2v) is 6.80. The van der Waals surface area contributed by atoms with E-state index in [1.165, 1.54) is 24.8 Å². The van der Waals surface area contributed by atoms with Crippen molar-refractivity contribution in [3.63, 3.8) is 0 Å². The summed E-state index contributed by atoms with van der Waals surface area (Å²) in [6, 6.07) is 0. The molecule has 0 heterocycles. The Balaban J connectivity index is 2.24. The highest BCUT2D eigenvalue weighted by atomic mass is 14.7. The highest BCUT2D eigenvalue weighted by Crippen LogP contribution is 2.77. The summed E-state index contributed by atoms with van der Waals surface area (Å²) in [5, 5.41) is 0. The third-order valence-corrected chi connectivity index (χ3v) is 5.74. The van der Waals surface area contributed by atoms with Gasteiger partial charge < -0.3 is 0 Å². The average molecular weight is 284 g/mol. The molecule has 1 saturated carbocycles. The molecule has 3 unspecified atom stereocenters. The van der Waals surface area contributed by atoms with Gasteiger partial charge in [-0.1, -0.05) is 74.8 Å². The SMILES string of the molecule is CC=C(C)C=CC(C(=CC(CC)CC)CC)C12C=C1C2C. The molecule has 0 aromatic rings. The molecule has 3 atom stereocenters. The van der Waals surface area contributed by atoms with Crippen LogP contribution in [0.2, 0.25) is 0 Å². The molecule has 21 heavy (non-hydrogen) atoms. The fraction of sp³-hybridized carbons (Fsp3) is 0.619. The van der Waals surface area contributed by atoms with E-state index in [2.05, 4.69) is 71.9 Å². The van der Waals surface area contributed by atoms with Gasteiger partial charge in [0.05, 0.1) is 0 Å². The molecule has 0 aliphatic heterocycles. The molecular formula is C21H32. The third kappa shape index (κ3) is 2.96. The van der Waals surface area contributed by atoms with Gasteiger partial charge in [0, 0.05) is 11.3 Å². The quantitative estimate of drug-likeness (QED) is 0.354. The number of allylic oxidation sites excluding steroid dienone is 8. The van der Waals surface area contributed by atoms with Crippen molar-refractivity contribution < 1.29 is 0 Å². The van der Waals surface area contributed by atoms with Gasteiger partial charge in [-0.15, -0.1) is 0 Å². The largest absolute Gasteiger partial charge is 0.0847 e. The molecule has 0 aromatic heterocycles. The molecule has 116 valence electrons.